The van der Waals surface area contributed by atoms with Gasteiger partial charge in [-0.3, -0.25) is 0 Å². The molecule has 0 unspecified atom stereocenters. The van der Waals surface area contributed by atoms with Gasteiger partial charge in [-0.15, -0.1) is 0 Å². The summed E-state index contributed by atoms with van der Waals surface area (Å²) < 4.78 is 22.3. The van der Waals surface area contributed by atoms with Crippen molar-refractivity contribution in [2.24, 2.45) is 0 Å². The standard InChI is InChI=1S/C19H31NO5Si/c1-19(2,3)26(5,6)24-13-16-17(25-18(21)20-16)14-7-9-15(10-8-14)23-12-11-22-4/h7-10,16-17H,11-13H2,1-6H3,(H,20,21)/t16-,17-/m0/s1. The number of carbonyl (C=O) groups is 1. The van der Waals surface area contributed by atoms with Crippen molar-refractivity contribution in [1.82, 2.24) is 5.32 Å². The van der Waals surface area contributed by atoms with Gasteiger partial charge in [0.05, 0.1) is 19.3 Å². The number of ether oxygens (including phenoxy) is 3. The van der Waals surface area contributed by atoms with Gasteiger partial charge >= 0.3 is 6.09 Å². The zero-order valence-corrected chi connectivity index (χ0v) is 17.6. The number of amides is 1. The van der Waals surface area contributed by atoms with Crippen molar-refractivity contribution in [3.8, 4) is 5.75 Å². The predicted octanol–water partition coefficient (Wildman–Crippen LogP) is 3.88. The summed E-state index contributed by atoms with van der Waals surface area (Å²) in [6.45, 7) is 12.5. The Morgan fingerprint density at radius 3 is 2.38 bits per heavy atom. The number of benzene rings is 1. The summed E-state index contributed by atoms with van der Waals surface area (Å²) >= 11 is 0. The molecule has 0 bridgehead atoms. The van der Waals surface area contributed by atoms with Crippen LogP contribution in [0.25, 0.3) is 0 Å². The van der Waals surface area contributed by atoms with Gasteiger partial charge in [-0.2, -0.15) is 0 Å². The summed E-state index contributed by atoms with van der Waals surface area (Å²) in [4.78, 5) is 11.8. The first-order chi connectivity index (χ1) is 12.1. The van der Waals surface area contributed by atoms with Gasteiger partial charge in [0, 0.05) is 7.11 Å². The minimum absolute atomic E-state index is 0.118. The molecule has 1 amide bonds. The zero-order chi connectivity index (χ0) is 19.4. The van der Waals surface area contributed by atoms with Crippen LogP contribution >= 0.6 is 0 Å². The molecule has 6 nitrogen and oxygen atoms in total. The van der Waals surface area contributed by atoms with E-state index in [1.54, 1.807) is 7.11 Å². The van der Waals surface area contributed by atoms with E-state index >= 15 is 0 Å². The first-order valence-corrected chi connectivity index (χ1v) is 11.9. The molecule has 0 spiro atoms. The van der Waals surface area contributed by atoms with Crippen molar-refractivity contribution in [3.63, 3.8) is 0 Å². The van der Waals surface area contributed by atoms with Crippen LogP contribution in [0.3, 0.4) is 0 Å². The minimum atomic E-state index is -1.89. The number of alkyl carbamates (subject to hydrolysis) is 1. The quantitative estimate of drug-likeness (QED) is 0.547. The second kappa shape index (κ2) is 8.41. The van der Waals surface area contributed by atoms with Crippen molar-refractivity contribution >= 4 is 14.4 Å². The van der Waals surface area contributed by atoms with Crippen molar-refractivity contribution in [3.05, 3.63) is 29.8 Å². The van der Waals surface area contributed by atoms with Crippen molar-refractivity contribution < 1.29 is 23.4 Å². The molecule has 1 aliphatic rings. The molecule has 0 saturated carbocycles. The molecule has 0 radical (unpaired) electrons. The van der Waals surface area contributed by atoms with Gasteiger partial charge in [0.1, 0.15) is 12.4 Å². The SMILES string of the molecule is COCCOc1ccc([C@@H]2OC(=O)N[C@H]2CO[Si](C)(C)C(C)(C)C)cc1. The molecule has 1 fully saturated rings. The first-order valence-electron chi connectivity index (χ1n) is 8.97. The third-order valence-corrected chi connectivity index (χ3v) is 9.60. The van der Waals surface area contributed by atoms with Gasteiger partial charge in [-0.25, -0.2) is 4.79 Å². The second-order valence-corrected chi connectivity index (χ2v) is 12.9. The van der Waals surface area contributed by atoms with Gasteiger partial charge in [0.25, 0.3) is 0 Å². The fourth-order valence-electron chi connectivity index (χ4n) is 2.40. The highest BCUT2D eigenvalue weighted by molar-refractivity contribution is 6.74. The van der Waals surface area contributed by atoms with E-state index in [2.05, 4.69) is 39.2 Å². The number of hydrogen-bond donors (Lipinski definition) is 1. The maximum absolute atomic E-state index is 11.8. The first kappa shape index (κ1) is 20.7. The van der Waals surface area contributed by atoms with Crippen LogP contribution < -0.4 is 10.1 Å². The van der Waals surface area contributed by atoms with E-state index in [1.807, 2.05) is 24.3 Å². The number of carbonyl (C=O) groups excluding carboxylic acids is 1. The lowest BCUT2D eigenvalue weighted by Gasteiger charge is -2.37. The zero-order valence-electron chi connectivity index (χ0n) is 16.6. The summed E-state index contributed by atoms with van der Waals surface area (Å²) in [6, 6.07) is 7.40. The van der Waals surface area contributed by atoms with Crippen molar-refractivity contribution in [1.29, 1.82) is 0 Å². The number of cyclic esters (lactones) is 1. The minimum Gasteiger partial charge on any atom is -0.491 e. The van der Waals surface area contributed by atoms with Crippen molar-refractivity contribution in [2.75, 3.05) is 26.9 Å². The Kier molecular flexibility index (Phi) is 6.71. The van der Waals surface area contributed by atoms with Gasteiger partial charge in [-0.05, 0) is 35.8 Å². The molecule has 1 aromatic carbocycles. The van der Waals surface area contributed by atoms with E-state index in [1.165, 1.54) is 0 Å². The lowest BCUT2D eigenvalue weighted by atomic mass is 10.0. The Labute approximate surface area is 157 Å². The lowest BCUT2D eigenvalue weighted by molar-refractivity contribution is 0.120. The molecule has 1 heterocycles. The highest BCUT2D eigenvalue weighted by Gasteiger charge is 2.41. The molecular formula is C19H31NO5Si. The van der Waals surface area contributed by atoms with Crippen molar-refractivity contribution in [2.45, 2.75) is 51.0 Å². The third-order valence-electron chi connectivity index (χ3n) is 5.10. The molecule has 2 rings (SSSR count). The molecule has 7 heteroatoms. The summed E-state index contributed by atoms with van der Waals surface area (Å²) in [5, 5.41) is 2.99. The normalized spacial score (nSPS) is 20.6. The maximum Gasteiger partial charge on any atom is 0.408 e. The lowest BCUT2D eigenvalue weighted by Crippen LogP contribution is -2.45. The fraction of sp³-hybridized carbons (Fsp3) is 0.632. The highest BCUT2D eigenvalue weighted by atomic mass is 28.4. The molecule has 1 aromatic rings. The van der Waals surface area contributed by atoms with Crippen LogP contribution in [0.5, 0.6) is 5.75 Å². The van der Waals surface area contributed by atoms with E-state index in [0.717, 1.165) is 11.3 Å². The average molecular weight is 382 g/mol. The fourth-order valence-corrected chi connectivity index (χ4v) is 3.43. The number of rotatable bonds is 8. The van der Waals surface area contributed by atoms with Crippen LogP contribution in [0.1, 0.15) is 32.4 Å². The Bertz CT molecular complexity index is 597. The summed E-state index contributed by atoms with van der Waals surface area (Å²) in [7, 11) is -0.252. The van der Waals surface area contributed by atoms with E-state index in [4.69, 9.17) is 18.6 Å². The van der Waals surface area contributed by atoms with Crippen LogP contribution in [0.4, 0.5) is 4.79 Å². The molecule has 0 aliphatic carbocycles. The molecule has 146 valence electrons. The van der Waals surface area contributed by atoms with E-state index < -0.39 is 14.4 Å². The monoisotopic (exact) mass is 381 g/mol. The Hall–Kier alpha value is -1.57. The van der Waals surface area contributed by atoms with Crippen LogP contribution in [0.2, 0.25) is 18.1 Å². The Balaban J connectivity index is 2.01. The Morgan fingerprint density at radius 2 is 1.81 bits per heavy atom. The van der Waals surface area contributed by atoms with Gasteiger partial charge < -0.3 is 24.0 Å². The molecule has 1 saturated heterocycles. The van der Waals surface area contributed by atoms with Gasteiger partial charge in [0.2, 0.25) is 0 Å². The molecule has 1 aliphatic heterocycles. The summed E-state index contributed by atoms with van der Waals surface area (Å²) in [5.74, 6) is 0.761. The number of hydrogen-bond acceptors (Lipinski definition) is 5. The van der Waals surface area contributed by atoms with E-state index in [9.17, 15) is 4.79 Å². The van der Waals surface area contributed by atoms with Gasteiger partial charge in [-0.1, -0.05) is 32.9 Å². The molecule has 0 aromatic heterocycles. The average Bonchev–Trinajstić information content (AvgIpc) is 2.94. The van der Waals surface area contributed by atoms with Crippen LogP contribution in [0, 0.1) is 0 Å². The molecular weight excluding hydrogens is 350 g/mol. The van der Waals surface area contributed by atoms with Gasteiger partial charge in [0.15, 0.2) is 14.4 Å². The smallest absolute Gasteiger partial charge is 0.408 e. The summed E-state index contributed by atoms with van der Waals surface area (Å²) in [6.07, 6.45) is -0.764. The molecule has 2 atom stereocenters. The van der Waals surface area contributed by atoms with Crippen LogP contribution in [-0.2, 0) is 13.9 Å². The van der Waals surface area contributed by atoms with Crippen LogP contribution in [0.15, 0.2) is 24.3 Å². The third kappa shape index (κ3) is 5.22. The largest absolute Gasteiger partial charge is 0.491 e. The van der Waals surface area contributed by atoms with E-state index in [0.29, 0.717) is 19.8 Å². The second-order valence-electron chi connectivity index (χ2n) is 8.06. The number of methoxy groups -OCH3 is 1. The van der Waals surface area contributed by atoms with E-state index in [-0.39, 0.29) is 17.2 Å². The van der Waals surface area contributed by atoms with Crippen LogP contribution in [-0.4, -0.2) is 47.4 Å². The number of nitrogens with one attached hydrogen (secondary N) is 1. The molecule has 26 heavy (non-hydrogen) atoms. The maximum atomic E-state index is 11.8. The predicted molar refractivity (Wildman–Crippen MR) is 103 cm³/mol. The Morgan fingerprint density at radius 1 is 1.15 bits per heavy atom. The highest BCUT2D eigenvalue weighted by Crippen LogP contribution is 2.37. The topological polar surface area (TPSA) is 66.0 Å². The summed E-state index contributed by atoms with van der Waals surface area (Å²) in [5.41, 5.74) is 0.922. The molecule has 1 N–H and O–H groups in total.